The van der Waals surface area contributed by atoms with Gasteiger partial charge in [-0.25, -0.2) is 0 Å². The van der Waals surface area contributed by atoms with E-state index < -0.39 is 18.4 Å². The molecule has 2 rings (SSSR count). The van der Waals surface area contributed by atoms with Crippen LogP contribution in [0.25, 0.3) is 0 Å². The van der Waals surface area contributed by atoms with E-state index in [2.05, 4.69) is 4.74 Å². The molecule has 1 fully saturated rings. The van der Waals surface area contributed by atoms with Crippen LogP contribution < -0.4 is 4.90 Å². The number of alkyl halides is 3. The summed E-state index contributed by atoms with van der Waals surface area (Å²) in [7, 11) is 1.28. The fraction of sp³-hybridized carbons (Fsp3) is 0.579. The lowest BCUT2D eigenvalue weighted by Crippen LogP contribution is -2.43. The van der Waals surface area contributed by atoms with Gasteiger partial charge in [-0.05, 0) is 43.4 Å². The molecule has 0 N–H and O–H groups in total. The van der Waals surface area contributed by atoms with Crippen molar-refractivity contribution in [1.29, 1.82) is 0 Å². The lowest BCUT2D eigenvalue weighted by Gasteiger charge is -2.27. The number of halogens is 3. The van der Waals surface area contributed by atoms with Crippen LogP contribution in [0.2, 0.25) is 0 Å². The summed E-state index contributed by atoms with van der Waals surface area (Å²) in [6.07, 6.45) is -2.34. The van der Waals surface area contributed by atoms with Crippen LogP contribution in [0, 0.1) is 0 Å². The number of rotatable bonds is 8. The average Bonchev–Trinajstić information content (AvgIpc) is 2.69. The molecule has 0 saturated carbocycles. The Morgan fingerprint density at radius 3 is 2.50 bits per heavy atom. The summed E-state index contributed by atoms with van der Waals surface area (Å²) < 4.78 is 54.4. The predicted molar refractivity (Wildman–Crippen MR) is 94.7 cm³/mol. The monoisotopic (exact) mass is 403 g/mol. The number of anilines is 1. The number of benzene rings is 1. The van der Waals surface area contributed by atoms with E-state index in [1.807, 2.05) is 0 Å². The first kappa shape index (κ1) is 22.2. The Hall–Kier alpha value is -2.13. The molecule has 1 amide bonds. The Bertz CT molecular complexity index is 642. The Kier molecular flexibility index (Phi) is 8.25. The van der Waals surface area contributed by atoms with Crippen molar-refractivity contribution in [3.8, 4) is 0 Å². The van der Waals surface area contributed by atoms with Crippen LogP contribution in [-0.4, -0.2) is 51.2 Å². The third-order valence-corrected chi connectivity index (χ3v) is 4.34. The molecule has 28 heavy (non-hydrogen) atoms. The number of hydrogen-bond acceptors (Lipinski definition) is 5. The lowest BCUT2D eigenvalue weighted by atomic mass is 10.1. The number of ether oxygens (including phenoxy) is 3. The summed E-state index contributed by atoms with van der Waals surface area (Å²) in [6.45, 7) is 0.235. The molecular formula is C19H24F3NO5. The molecule has 0 radical (unpaired) electrons. The minimum absolute atomic E-state index is 0.0728. The summed E-state index contributed by atoms with van der Waals surface area (Å²) in [5.74, 6) is -2.33. The minimum Gasteiger partial charge on any atom is -0.469 e. The molecule has 1 heterocycles. The molecule has 0 spiro atoms. The van der Waals surface area contributed by atoms with Crippen LogP contribution in [0.15, 0.2) is 24.3 Å². The van der Waals surface area contributed by atoms with Crippen molar-refractivity contribution in [2.24, 2.45) is 0 Å². The van der Waals surface area contributed by atoms with Gasteiger partial charge >= 0.3 is 18.1 Å². The number of carbonyl (C=O) groups excluding carboxylic acids is 2. The molecule has 1 aliphatic rings. The van der Waals surface area contributed by atoms with Crippen molar-refractivity contribution in [2.75, 3.05) is 31.8 Å². The van der Waals surface area contributed by atoms with E-state index in [0.717, 1.165) is 18.4 Å². The molecule has 0 aromatic heterocycles. The number of methoxy groups -OCH3 is 1. The van der Waals surface area contributed by atoms with Gasteiger partial charge < -0.3 is 19.1 Å². The fourth-order valence-electron chi connectivity index (χ4n) is 2.81. The highest BCUT2D eigenvalue weighted by Gasteiger charge is 2.43. The molecule has 1 aliphatic heterocycles. The van der Waals surface area contributed by atoms with Crippen molar-refractivity contribution in [1.82, 2.24) is 0 Å². The molecule has 6 nitrogen and oxygen atoms in total. The second-order valence-electron chi connectivity index (χ2n) is 6.36. The Morgan fingerprint density at radius 1 is 1.21 bits per heavy atom. The van der Waals surface area contributed by atoms with E-state index in [9.17, 15) is 22.8 Å². The Balaban J connectivity index is 2.01. The first-order chi connectivity index (χ1) is 13.3. The number of esters is 1. The fourth-order valence-corrected chi connectivity index (χ4v) is 2.81. The molecule has 1 saturated heterocycles. The van der Waals surface area contributed by atoms with Crippen LogP contribution in [0.4, 0.5) is 18.9 Å². The average molecular weight is 403 g/mol. The van der Waals surface area contributed by atoms with Gasteiger partial charge in [-0.2, -0.15) is 13.2 Å². The summed E-state index contributed by atoms with van der Waals surface area (Å²) in [5.41, 5.74) is 0.859. The number of amides is 1. The van der Waals surface area contributed by atoms with Crippen molar-refractivity contribution in [3.05, 3.63) is 29.8 Å². The lowest BCUT2D eigenvalue weighted by molar-refractivity contribution is -0.173. The van der Waals surface area contributed by atoms with Gasteiger partial charge in [0, 0.05) is 25.3 Å². The standard InChI is InChI=1S/C19H24F3NO5/c1-26-16(24)10-7-14-5-8-15(9-6-14)23(18(25)19(20,21)22)11-13-28-17-4-2-3-12-27-17/h5-6,8-9,17H,2-4,7,10-13H2,1H3. The maximum Gasteiger partial charge on any atom is 0.471 e. The second-order valence-corrected chi connectivity index (χ2v) is 6.36. The van der Waals surface area contributed by atoms with Crippen molar-refractivity contribution in [2.45, 2.75) is 44.6 Å². The van der Waals surface area contributed by atoms with Crippen LogP contribution >= 0.6 is 0 Å². The third kappa shape index (κ3) is 6.79. The van der Waals surface area contributed by atoms with Crippen LogP contribution in [0.1, 0.15) is 31.2 Å². The Morgan fingerprint density at radius 2 is 1.93 bits per heavy atom. The highest BCUT2D eigenvalue weighted by atomic mass is 19.4. The van der Waals surface area contributed by atoms with Crippen LogP contribution in [-0.2, 0) is 30.2 Å². The molecule has 1 unspecified atom stereocenters. The number of carbonyl (C=O) groups is 2. The summed E-state index contributed by atoms with van der Waals surface area (Å²) in [4.78, 5) is 23.7. The maximum atomic E-state index is 13.0. The zero-order valence-electron chi connectivity index (χ0n) is 15.7. The van der Waals surface area contributed by atoms with Crippen molar-refractivity contribution in [3.63, 3.8) is 0 Å². The SMILES string of the molecule is COC(=O)CCc1ccc(N(CCOC2CCCCO2)C(=O)C(F)(F)F)cc1. The highest BCUT2D eigenvalue weighted by Crippen LogP contribution is 2.24. The molecule has 0 bridgehead atoms. The second kappa shape index (κ2) is 10.4. The van der Waals surface area contributed by atoms with Gasteiger partial charge in [-0.1, -0.05) is 12.1 Å². The Labute approximate surface area is 161 Å². The van der Waals surface area contributed by atoms with Crippen molar-refractivity contribution < 1.29 is 37.0 Å². The first-order valence-corrected chi connectivity index (χ1v) is 9.09. The molecule has 0 aliphatic carbocycles. The quantitative estimate of drug-likeness (QED) is 0.624. The zero-order chi connectivity index (χ0) is 20.6. The van der Waals surface area contributed by atoms with Crippen LogP contribution in [0.5, 0.6) is 0 Å². The summed E-state index contributed by atoms with van der Waals surface area (Å²) in [6, 6.07) is 6.01. The van der Waals surface area contributed by atoms with Gasteiger partial charge in [0.2, 0.25) is 0 Å². The first-order valence-electron chi connectivity index (χ1n) is 9.09. The topological polar surface area (TPSA) is 65.1 Å². The van der Waals surface area contributed by atoms with E-state index in [1.165, 1.54) is 19.2 Å². The molecule has 1 aromatic carbocycles. The normalized spacial score (nSPS) is 17.2. The van der Waals surface area contributed by atoms with E-state index in [1.54, 1.807) is 12.1 Å². The van der Waals surface area contributed by atoms with Crippen LogP contribution in [0.3, 0.4) is 0 Å². The van der Waals surface area contributed by atoms with Gasteiger partial charge in [0.15, 0.2) is 6.29 Å². The number of hydrogen-bond donors (Lipinski definition) is 0. The third-order valence-electron chi connectivity index (χ3n) is 4.34. The molecule has 9 heteroatoms. The van der Waals surface area contributed by atoms with Gasteiger partial charge in [0.25, 0.3) is 0 Å². The zero-order valence-corrected chi connectivity index (χ0v) is 15.7. The predicted octanol–water partition coefficient (Wildman–Crippen LogP) is 3.23. The summed E-state index contributed by atoms with van der Waals surface area (Å²) in [5, 5.41) is 0. The van der Waals surface area contributed by atoms with Gasteiger partial charge in [-0.15, -0.1) is 0 Å². The molecular weight excluding hydrogens is 379 g/mol. The highest BCUT2D eigenvalue weighted by molar-refractivity contribution is 5.97. The number of nitrogens with zero attached hydrogens (tertiary/aromatic N) is 1. The maximum absolute atomic E-state index is 13.0. The molecule has 156 valence electrons. The molecule has 1 aromatic rings. The van der Waals surface area contributed by atoms with E-state index in [4.69, 9.17) is 9.47 Å². The minimum atomic E-state index is -5.00. The summed E-state index contributed by atoms with van der Waals surface area (Å²) >= 11 is 0. The largest absolute Gasteiger partial charge is 0.471 e. The smallest absolute Gasteiger partial charge is 0.469 e. The molecule has 1 atom stereocenters. The van der Waals surface area contributed by atoms with Crippen molar-refractivity contribution >= 4 is 17.6 Å². The van der Waals surface area contributed by atoms with E-state index in [-0.39, 0.29) is 31.2 Å². The van der Waals surface area contributed by atoms with Gasteiger partial charge in [0.1, 0.15) is 0 Å². The number of aryl methyl sites for hydroxylation is 1. The van der Waals surface area contributed by atoms with Gasteiger partial charge in [-0.3, -0.25) is 9.59 Å². The van der Waals surface area contributed by atoms with Gasteiger partial charge in [0.05, 0.1) is 13.7 Å². The van der Waals surface area contributed by atoms with E-state index in [0.29, 0.717) is 24.3 Å². The van der Waals surface area contributed by atoms with E-state index >= 15 is 0 Å².